The highest BCUT2D eigenvalue weighted by molar-refractivity contribution is 7.92. The first-order valence-corrected chi connectivity index (χ1v) is 9.87. The summed E-state index contributed by atoms with van der Waals surface area (Å²) < 4.78 is 27.4. The summed E-state index contributed by atoms with van der Waals surface area (Å²) in [5, 5.41) is 11.4. The van der Waals surface area contributed by atoms with Gasteiger partial charge in [0, 0.05) is 6.20 Å². The maximum absolute atomic E-state index is 12.5. The van der Waals surface area contributed by atoms with Crippen molar-refractivity contribution in [3.8, 4) is 0 Å². The minimum absolute atomic E-state index is 0.134. The van der Waals surface area contributed by atoms with Crippen LogP contribution in [0.2, 0.25) is 5.15 Å². The molecule has 0 aliphatic carbocycles. The largest absolute Gasteiger partial charge is 0.465 e. The molecule has 0 aliphatic rings. The van der Waals surface area contributed by atoms with E-state index >= 15 is 0 Å². The molecule has 0 spiro atoms. The number of pyridine rings is 2. The Bertz CT molecular complexity index is 958. The molecule has 1 atom stereocenters. The van der Waals surface area contributed by atoms with Crippen LogP contribution in [0.1, 0.15) is 38.1 Å². The number of halogens is 1. The van der Waals surface area contributed by atoms with Crippen LogP contribution in [-0.2, 0) is 10.0 Å². The topological polar surface area (TPSA) is 121 Å². The van der Waals surface area contributed by atoms with Crippen molar-refractivity contribution in [2.75, 3.05) is 4.72 Å². The van der Waals surface area contributed by atoms with E-state index in [1.165, 1.54) is 24.5 Å². The predicted octanol–water partition coefficient (Wildman–Crippen LogP) is 3.59. The highest BCUT2D eigenvalue weighted by atomic mass is 35.5. The van der Waals surface area contributed by atoms with Crippen LogP contribution >= 0.6 is 11.6 Å². The van der Waals surface area contributed by atoms with Gasteiger partial charge in [0.1, 0.15) is 10.0 Å². The lowest BCUT2D eigenvalue weighted by molar-refractivity contribution is 0.174. The maximum Gasteiger partial charge on any atom is 0.405 e. The zero-order valence-electron chi connectivity index (χ0n) is 15.3. The average molecular weight is 413 g/mol. The molecular formula is C17H21ClN4O4S. The highest BCUT2D eigenvalue weighted by Crippen LogP contribution is 2.34. The van der Waals surface area contributed by atoms with Gasteiger partial charge in [0.25, 0.3) is 10.0 Å². The van der Waals surface area contributed by atoms with Gasteiger partial charge in [-0.25, -0.2) is 18.2 Å². The van der Waals surface area contributed by atoms with E-state index in [0.717, 1.165) is 0 Å². The lowest BCUT2D eigenvalue weighted by Gasteiger charge is -2.31. The monoisotopic (exact) mass is 412 g/mol. The Balaban J connectivity index is 2.36. The molecule has 27 heavy (non-hydrogen) atoms. The highest BCUT2D eigenvalue weighted by Gasteiger charge is 2.30. The predicted molar refractivity (Wildman–Crippen MR) is 102 cm³/mol. The summed E-state index contributed by atoms with van der Waals surface area (Å²) in [5.41, 5.74) is 0.966. The molecule has 146 valence electrons. The van der Waals surface area contributed by atoms with Crippen LogP contribution in [0.25, 0.3) is 0 Å². The molecule has 0 fully saturated rings. The molecule has 0 radical (unpaired) electrons. The zero-order chi connectivity index (χ0) is 20.4. The van der Waals surface area contributed by atoms with E-state index in [4.69, 9.17) is 16.7 Å². The minimum Gasteiger partial charge on any atom is -0.465 e. The zero-order valence-corrected chi connectivity index (χ0v) is 16.9. The number of sulfonamides is 1. The van der Waals surface area contributed by atoms with Gasteiger partial charge < -0.3 is 10.4 Å². The summed E-state index contributed by atoms with van der Waals surface area (Å²) in [4.78, 5) is 19.1. The number of aromatic nitrogens is 2. The first kappa shape index (κ1) is 20.9. The number of hydrogen-bond donors (Lipinski definition) is 3. The summed E-state index contributed by atoms with van der Waals surface area (Å²) in [6, 6.07) is 3.84. The summed E-state index contributed by atoms with van der Waals surface area (Å²) in [7, 11) is -3.94. The Morgan fingerprint density at radius 1 is 1.30 bits per heavy atom. The molecule has 0 saturated heterocycles. The smallest absolute Gasteiger partial charge is 0.405 e. The van der Waals surface area contributed by atoms with Crippen LogP contribution in [0.5, 0.6) is 0 Å². The van der Waals surface area contributed by atoms with Gasteiger partial charge in [-0.15, -0.1) is 0 Å². The van der Waals surface area contributed by atoms with E-state index in [1.54, 1.807) is 13.0 Å². The van der Waals surface area contributed by atoms with Crippen molar-refractivity contribution < 1.29 is 18.3 Å². The van der Waals surface area contributed by atoms with Crippen LogP contribution in [-0.4, -0.2) is 29.6 Å². The lowest BCUT2D eigenvalue weighted by Crippen LogP contribution is -2.36. The fraction of sp³-hybridized carbons (Fsp3) is 0.353. The first-order chi connectivity index (χ1) is 12.4. The Hall–Kier alpha value is -2.39. The van der Waals surface area contributed by atoms with Crippen LogP contribution in [0.3, 0.4) is 0 Å². The molecule has 0 aliphatic heterocycles. The Morgan fingerprint density at radius 2 is 1.96 bits per heavy atom. The molecule has 0 bridgehead atoms. The average Bonchev–Trinajstić information content (AvgIpc) is 2.52. The van der Waals surface area contributed by atoms with Crippen molar-refractivity contribution in [2.45, 2.75) is 38.6 Å². The molecule has 0 saturated carbocycles. The number of amides is 1. The summed E-state index contributed by atoms with van der Waals surface area (Å²) in [6.07, 6.45) is 1.57. The summed E-state index contributed by atoms with van der Waals surface area (Å²) in [5.74, 6) is 0. The quantitative estimate of drug-likeness (QED) is 0.645. The normalized spacial score (nSPS) is 13.1. The van der Waals surface area contributed by atoms with E-state index in [1.807, 2.05) is 20.8 Å². The Labute approximate surface area is 163 Å². The van der Waals surface area contributed by atoms with Gasteiger partial charge in [-0.2, -0.15) is 0 Å². The fourth-order valence-electron chi connectivity index (χ4n) is 2.54. The van der Waals surface area contributed by atoms with Crippen molar-refractivity contribution in [2.24, 2.45) is 5.41 Å². The summed E-state index contributed by atoms with van der Waals surface area (Å²) >= 11 is 5.86. The molecule has 2 rings (SSSR count). The summed E-state index contributed by atoms with van der Waals surface area (Å²) in [6.45, 7) is 7.39. The number of carboxylic acid groups (broad SMARTS) is 1. The second-order valence-electron chi connectivity index (χ2n) is 7.07. The van der Waals surface area contributed by atoms with E-state index in [9.17, 15) is 13.2 Å². The molecule has 2 aromatic rings. The number of aryl methyl sites for hydroxylation is 1. The number of nitrogens with zero attached hydrogens (tertiary/aromatic N) is 2. The molecule has 2 heterocycles. The number of carbonyl (C=O) groups is 1. The number of nitrogens with one attached hydrogen (secondary N) is 2. The van der Waals surface area contributed by atoms with E-state index in [2.05, 4.69) is 20.0 Å². The van der Waals surface area contributed by atoms with Crippen molar-refractivity contribution in [3.63, 3.8) is 0 Å². The molecule has 8 nitrogen and oxygen atoms in total. The van der Waals surface area contributed by atoms with Gasteiger partial charge in [0.2, 0.25) is 0 Å². The van der Waals surface area contributed by atoms with Crippen molar-refractivity contribution in [1.82, 2.24) is 15.3 Å². The van der Waals surface area contributed by atoms with Crippen LogP contribution in [0.4, 0.5) is 10.5 Å². The van der Waals surface area contributed by atoms with Crippen LogP contribution < -0.4 is 10.0 Å². The second kappa shape index (κ2) is 7.69. The van der Waals surface area contributed by atoms with Crippen molar-refractivity contribution >= 4 is 33.4 Å². The second-order valence-corrected chi connectivity index (χ2v) is 9.08. The molecule has 1 unspecified atom stereocenters. The third-order valence-corrected chi connectivity index (χ3v) is 5.62. The first-order valence-electron chi connectivity index (χ1n) is 8.01. The number of anilines is 1. The number of hydrogen-bond acceptors (Lipinski definition) is 5. The van der Waals surface area contributed by atoms with Gasteiger partial charge >= 0.3 is 6.09 Å². The standard InChI is InChI=1S/C17H21ClN4O4S/c1-10-8-11(22-27(25,26)12-6-5-7-19-15(12)18)9-20-13(10)14(17(2,3)4)21-16(23)24/h5-9,14,21-22H,1-4H3,(H,23,24). The fourth-order valence-corrected chi connectivity index (χ4v) is 4.03. The third-order valence-electron chi connectivity index (χ3n) is 3.79. The molecule has 3 N–H and O–H groups in total. The van der Waals surface area contributed by atoms with Gasteiger partial charge in [-0.05, 0) is 36.1 Å². The van der Waals surface area contributed by atoms with Gasteiger partial charge in [0.15, 0.2) is 0 Å². The maximum atomic E-state index is 12.5. The number of rotatable bonds is 5. The van der Waals surface area contributed by atoms with Gasteiger partial charge in [0.05, 0.1) is 23.6 Å². The molecule has 10 heteroatoms. The Morgan fingerprint density at radius 3 is 2.48 bits per heavy atom. The van der Waals surface area contributed by atoms with Crippen LogP contribution in [0.15, 0.2) is 35.5 Å². The van der Waals surface area contributed by atoms with Crippen LogP contribution in [0, 0.1) is 12.3 Å². The minimum atomic E-state index is -3.94. The molecule has 0 aromatic carbocycles. The van der Waals surface area contributed by atoms with Gasteiger partial charge in [-0.1, -0.05) is 32.4 Å². The molecular weight excluding hydrogens is 392 g/mol. The molecule has 2 aromatic heterocycles. The lowest BCUT2D eigenvalue weighted by atomic mass is 9.83. The Kier molecular flexibility index (Phi) is 5.96. The molecule has 1 amide bonds. The third kappa shape index (κ3) is 5.08. The van der Waals surface area contributed by atoms with E-state index < -0.39 is 27.6 Å². The van der Waals surface area contributed by atoms with Crippen molar-refractivity contribution in [1.29, 1.82) is 0 Å². The van der Waals surface area contributed by atoms with E-state index in [-0.39, 0.29) is 15.7 Å². The van der Waals surface area contributed by atoms with E-state index in [0.29, 0.717) is 11.3 Å². The van der Waals surface area contributed by atoms with Gasteiger partial charge in [-0.3, -0.25) is 9.71 Å². The SMILES string of the molecule is Cc1cc(NS(=O)(=O)c2cccnc2Cl)cnc1C(NC(=O)O)C(C)(C)C. The van der Waals surface area contributed by atoms with Crippen molar-refractivity contribution in [3.05, 3.63) is 47.0 Å².